The molecule has 0 aliphatic carbocycles. The number of rotatable bonds is 6. The summed E-state index contributed by atoms with van der Waals surface area (Å²) in [5.74, 6) is 1.05. The van der Waals surface area contributed by atoms with Crippen LogP contribution >= 0.6 is 12.2 Å². The molecule has 0 fully saturated rings. The highest BCUT2D eigenvalue weighted by molar-refractivity contribution is 7.71. The van der Waals surface area contributed by atoms with Crippen molar-refractivity contribution in [2.24, 2.45) is 0 Å². The summed E-state index contributed by atoms with van der Waals surface area (Å²) in [4.78, 5) is 12.0. The van der Waals surface area contributed by atoms with Crippen LogP contribution in [-0.2, 0) is 11.3 Å². The van der Waals surface area contributed by atoms with Crippen molar-refractivity contribution in [3.63, 3.8) is 0 Å². The lowest BCUT2D eigenvalue weighted by Crippen LogP contribution is -2.28. The molecule has 2 aromatic heterocycles. The number of hydrogen-bond donors (Lipinski definition) is 2. The Morgan fingerprint density at radius 3 is 3.04 bits per heavy atom. The molecule has 2 N–H and O–H groups in total. The molecule has 2 rings (SSSR count). The van der Waals surface area contributed by atoms with Gasteiger partial charge in [-0.2, -0.15) is 10.4 Å². The maximum absolute atomic E-state index is 12.0. The Kier molecular flexibility index (Phi) is 5.49. The number of nitrogens with zero attached hydrogens (tertiary/aromatic N) is 3. The minimum absolute atomic E-state index is 0.0141. The average Bonchev–Trinajstić information content (AvgIpc) is 3.15. The molecule has 8 heteroatoms. The maximum Gasteiger partial charge on any atom is 0.262 e. The van der Waals surface area contributed by atoms with Crippen molar-refractivity contribution < 1.29 is 9.21 Å². The number of aromatic amines is 1. The molecule has 0 aliphatic rings. The van der Waals surface area contributed by atoms with Crippen LogP contribution in [-0.4, -0.2) is 27.2 Å². The highest BCUT2D eigenvalue weighted by atomic mass is 32.1. The zero-order valence-electron chi connectivity index (χ0n) is 12.9. The summed E-state index contributed by atoms with van der Waals surface area (Å²) in [5.41, 5.74) is -0.0141. The van der Waals surface area contributed by atoms with E-state index in [4.69, 9.17) is 21.9 Å². The minimum Gasteiger partial charge on any atom is -0.465 e. The summed E-state index contributed by atoms with van der Waals surface area (Å²) in [6.07, 6.45) is 2.88. The highest BCUT2D eigenvalue weighted by Crippen LogP contribution is 2.11. The Hall–Kier alpha value is -2.66. The van der Waals surface area contributed by atoms with Gasteiger partial charge in [-0.15, -0.1) is 0 Å². The number of hydrogen-bond acceptors (Lipinski definition) is 5. The molecule has 0 aliphatic heterocycles. The largest absolute Gasteiger partial charge is 0.465 e. The number of nitrogens with one attached hydrogen (secondary N) is 2. The van der Waals surface area contributed by atoms with Gasteiger partial charge in [0.2, 0.25) is 0 Å². The molecule has 0 spiro atoms. The molecule has 2 aromatic rings. The monoisotopic (exact) mass is 331 g/mol. The van der Waals surface area contributed by atoms with Gasteiger partial charge in [0.15, 0.2) is 4.77 Å². The minimum atomic E-state index is -0.454. The van der Waals surface area contributed by atoms with E-state index in [1.807, 2.05) is 24.5 Å². The second-order valence-electron chi connectivity index (χ2n) is 5.13. The number of furan rings is 1. The van der Waals surface area contributed by atoms with Gasteiger partial charge in [-0.25, -0.2) is 0 Å². The van der Waals surface area contributed by atoms with E-state index >= 15 is 0 Å². The third-order valence-corrected chi connectivity index (χ3v) is 3.43. The van der Waals surface area contributed by atoms with Crippen LogP contribution in [0.2, 0.25) is 0 Å². The fourth-order valence-corrected chi connectivity index (χ4v) is 2.26. The molecular weight excluding hydrogens is 314 g/mol. The Morgan fingerprint density at radius 2 is 2.43 bits per heavy atom. The third kappa shape index (κ3) is 4.17. The van der Waals surface area contributed by atoms with Gasteiger partial charge in [-0.05, 0) is 24.4 Å². The first-order valence-corrected chi connectivity index (χ1v) is 7.52. The van der Waals surface area contributed by atoms with Crippen molar-refractivity contribution in [2.45, 2.75) is 26.3 Å². The van der Waals surface area contributed by atoms with Crippen LogP contribution in [0.25, 0.3) is 6.08 Å². The number of H-pyrrole nitrogens is 1. The van der Waals surface area contributed by atoms with E-state index in [2.05, 4.69) is 15.5 Å². The van der Waals surface area contributed by atoms with Crippen LogP contribution in [0.15, 0.2) is 28.4 Å². The van der Waals surface area contributed by atoms with Gasteiger partial charge in [0.05, 0.1) is 6.26 Å². The van der Waals surface area contributed by atoms with Crippen LogP contribution in [0, 0.1) is 16.1 Å². The second-order valence-corrected chi connectivity index (χ2v) is 5.52. The lowest BCUT2D eigenvalue weighted by molar-refractivity contribution is -0.117. The summed E-state index contributed by atoms with van der Waals surface area (Å²) >= 11 is 5.18. The Labute approximate surface area is 138 Å². The van der Waals surface area contributed by atoms with Gasteiger partial charge in [-0.3, -0.25) is 9.89 Å². The lowest BCUT2D eigenvalue weighted by atomic mass is 10.2. The predicted octanol–water partition coefficient (Wildman–Crippen LogP) is 2.38. The van der Waals surface area contributed by atoms with Crippen LogP contribution in [0.5, 0.6) is 0 Å². The van der Waals surface area contributed by atoms with Gasteiger partial charge in [-0.1, -0.05) is 13.8 Å². The summed E-state index contributed by atoms with van der Waals surface area (Å²) in [7, 11) is 0. The summed E-state index contributed by atoms with van der Waals surface area (Å²) in [6.45, 7) is 4.84. The van der Waals surface area contributed by atoms with Crippen LogP contribution in [0.3, 0.4) is 0 Å². The second kappa shape index (κ2) is 7.56. The van der Waals surface area contributed by atoms with E-state index in [0.717, 1.165) is 5.82 Å². The van der Waals surface area contributed by atoms with Gasteiger partial charge in [0, 0.05) is 25.1 Å². The Morgan fingerprint density at radius 1 is 1.65 bits per heavy atom. The van der Waals surface area contributed by atoms with Crippen molar-refractivity contribution in [1.29, 1.82) is 5.26 Å². The topological polar surface area (TPSA) is 99.6 Å². The SMILES string of the molecule is CC(C)c1n[nH]c(=S)n1CCNC(=O)/C(C#N)=C/c1ccco1. The molecule has 1 amide bonds. The maximum atomic E-state index is 12.0. The van der Waals surface area contributed by atoms with E-state index in [1.165, 1.54) is 12.3 Å². The number of nitriles is 1. The predicted molar refractivity (Wildman–Crippen MR) is 86.8 cm³/mol. The molecule has 0 aromatic carbocycles. The van der Waals surface area contributed by atoms with Crippen LogP contribution in [0.1, 0.15) is 31.4 Å². The number of aromatic nitrogens is 3. The number of amides is 1. The molecule has 0 bridgehead atoms. The molecule has 0 atom stereocenters. The first-order chi connectivity index (χ1) is 11.0. The normalized spacial score (nSPS) is 11.5. The Balaban J connectivity index is 1.99. The summed E-state index contributed by atoms with van der Waals surface area (Å²) in [6, 6.07) is 5.23. The van der Waals surface area contributed by atoms with Crippen molar-refractivity contribution in [3.05, 3.63) is 40.3 Å². The molecule has 23 heavy (non-hydrogen) atoms. The molecule has 0 saturated heterocycles. The fourth-order valence-electron chi connectivity index (χ4n) is 2.03. The summed E-state index contributed by atoms with van der Waals surface area (Å²) in [5, 5.41) is 18.7. The smallest absolute Gasteiger partial charge is 0.262 e. The standard InChI is InChI=1S/C15H17N5O2S/c1-10(2)13-18-19-15(23)20(13)6-5-17-14(21)11(9-16)8-12-4-3-7-22-12/h3-4,7-8,10H,5-6H2,1-2H3,(H,17,21)(H,19,23)/b11-8+. The average molecular weight is 331 g/mol. The van der Waals surface area contributed by atoms with Crippen molar-refractivity contribution in [2.75, 3.05) is 6.54 Å². The molecule has 120 valence electrons. The number of carbonyl (C=O) groups is 1. The van der Waals surface area contributed by atoms with Crippen LogP contribution < -0.4 is 5.32 Å². The number of carbonyl (C=O) groups excluding carboxylic acids is 1. The van der Waals surface area contributed by atoms with E-state index in [0.29, 0.717) is 23.6 Å². The molecular formula is C15H17N5O2S. The van der Waals surface area contributed by atoms with Crippen molar-refractivity contribution >= 4 is 24.2 Å². The zero-order chi connectivity index (χ0) is 16.8. The van der Waals surface area contributed by atoms with Gasteiger partial charge in [0.1, 0.15) is 23.2 Å². The molecule has 7 nitrogen and oxygen atoms in total. The highest BCUT2D eigenvalue weighted by Gasteiger charge is 2.12. The first kappa shape index (κ1) is 16.7. The van der Waals surface area contributed by atoms with Gasteiger partial charge >= 0.3 is 0 Å². The molecule has 0 unspecified atom stereocenters. The lowest BCUT2D eigenvalue weighted by Gasteiger charge is -2.09. The summed E-state index contributed by atoms with van der Waals surface area (Å²) < 4.78 is 7.44. The van der Waals surface area contributed by atoms with Crippen molar-refractivity contribution in [1.82, 2.24) is 20.1 Å². The van der Waals surface area contributed by atoms with E-state index in [1.54, 1.807) is 12.1 Å². The van der Waals surface area contributed by atoms with E-state index in [9.17, 15) is 4.79 Å². The first-order valence-electron chi connectivity index (χ1n) is 7.11. The zero-order valence-corrected chi connectivity index (χ0v) is 13.7. The third-order valence-electron chi connectivity index (χ3n) is 3.12. The molecule has 0 saturated carbocycles. The van der Waals surface area contributed by atoms with E-state index in [-0.39, 0.29) is 11.5 Å². The Bertz CT molecular complexity index is 793. The van der Waals surface area contributed by atoms with Gasteiger partial charge in [0.25, 0.3) is 5.91 Å². The molecule has 0 radical (unpaired) electrons. The van der Waals surface area contributed by atoms with Crippen LogP contribution in [0.4, 0.5) is 0 Å². The van der Waals surface area contributed by atoms with Gasteiger partial charge < -0.3 is 14.3 Å². The van der Waals surface area contributed by atoms with Crippen molar-refractivity contribution in [3.8, 4) is 6.07 Å². The van der Waals surface area contributed by atoms with E-state index < -0.39 is 5.91 Å². The quantitative estimate of drug-likeness (QED) is 0.481. The molecule has 2 heterocycles. The fraction of sp³-hybridized carbons (Fsp3) is 0.333.